The van der Waals surface area contributed by atoms with Crippen LogP contribution in [0.5, 0.6) is 0 Å². The second kappa shape index (κ2) is 9.68. The van der Waals surface area contributed by atoms with Crippen molar-refractivity contribution in [2.24, 2.45) is 11.8 Å². The van der Waals surface area contributed by atoms with Crippen molar-refractivity contribution in [3.8, 4) is 0 Å². The molecule has 34 heavy (non-hydrogen) atoms. The standard InChI is InChI=1S/C25H30N4O4S/c1-4-13-29-25(31)22-8-6-5-7-21(22)23(27-29)24(30)26-19-9-11-20(12-10-19)34(32,33)28-15-17(2)14-18(3)16-28/h5-12,17-18H,4,13-16H2,1-3H3,(H,26,30). The number of rotatable bonds is 6. The van der Waals surface area contributed by atoms with Crippen molar-refractivity contribution in [3.63, 3.8) is 0 Å². The molecule has 1 aliphatic rings. The third-order valence-electron chi connectivity index (χ3n) is 6.10. The minimum Gasteiger partial charge on any atom is -0.321 e. The first-order valence-corrected chi connectivity index (χ1v) is 13.1. The summed E-state index contributed by atoms with van der Waals surface area (Å²) in [6.07, 6.45) is 1.72. The molecule has 0 spiro atoms. The van der Waals surface area contributed by atoms with E-state index in [0.717, 1.165) is 6.42 Å². The first kappa shape index (κ1) is 24.1. The lowest BCUT2D eigenvalue weighted by Crippen LogP contribution is -2.42. The fourth-order valence-corrected chi connectivity index (χ4v) is 6.30. The van der Waals surface area contributed by atoms with Crippen molar-refractivity contribution >= 4 is 32.4 Å². The van der Waals surface area contributed by atoms with E-state index in [-0.39, 0.29) is 16.1 Å². The Bertz CT molecular complexity index is 1360. The van der Waals surface area contributed by atoms with Crippen LogP contribution in [0.4, 0.5) is 5.69 Å². The summed E-state index contributed by atoms with van der Waals surface area (Å²) in [5.74, 6) is 0.168. The third-order valence-corrected chi connectivity index (χ3v) is 7.95. The van der Waals surface area contributed by atoms with Gasteiger partial charge in [-0.05, 0) is 55.0 Å². The number of amides is 1. The molecule has 180 valence electrons. The molecule has 1 aromatic heterocycles. The minimum absolute atomic E-state index is 0.150. The monoisotopic (exact) mass is 482 g/mol. The first-order valence-electron chi connectivity index (χ1n) is 11.6. The van der Waals surface area contributed by atoms with Gasteiger partial charge < -0.3 is 5.32 Å². The zero-order valence-electron chi connectivity index (χ0n) is 19.7. The molecule has 1 fully saturated rings. The van der Waals surface area contributed by atoms with Crippen LogP contribution in [0.15, 0.2) is 58.2 Å². The molecule has 0 bridgehead atoms. The van der Waals surface area contributed by atoms with Crippen molar-refractivity contribution < 1.29 is 13.2 Å². The number of nitrogens with one attached hydrogen (secondary N) is 1. The highest BCUT2D eigenvalue weighted by Gasteiger charge is 2.31. The molecule has 4 rings (SSSR count). The number of benzene rings is 2. The Labute approximate surface area is 199 Å². The van der Waals surface area contributed by atoms with Gasteiger partial charge in [0.25, 0.3) is 11.5 Å². The molecular formula is C25H30N4O4S. The summed E-state index contributed by atoms with van der Waals surface area (Å²) < 4.78 is 29.1. The number of hydrogen-bond donors (Lipinski definition) is 1. The van der Waals surface area contributed by atoms with Crippen LogP contribution in [0.1, 0.15) is 44.1 Å². The predicted octanol–water partition coefficient (Wildman–Crippen LogP) is 3.73. The van der Waals surface area contributed by atoms with E-state index in [1.165, 1.54) is 16.8 Å². The van der Waals surface area contributed by atoms with Gasteiger partial charge in [0.05, 0.1) is 10.3 Å². The summed E-state index contributed by atoms with van der Waals surface area (Å²) in [5, 5.41) is 8.00. The Balaban J connectivity index is 1.59. The molecule has 0 aliphatic carbocycles. The molecule has 2 heterocycles. The molecule has 0 saturated carbocycles. The number of aryl methyl sites for hydroxylation is 1. The Hall–Kier alpha value is -3.04. The van der Waals surface area contributed by atoms with Gasteiger partial charge in [-0.15, -0.1) is 0 Å². The zero-order valence-corrected chi connectivity index (χ0v) is 20.5. The number of hydrogen-bond acceptors (Lipinski definition) is 5. The predicted molar refractivity (Wildman–Crippen MR) is 132 cm³/mol. The van der Waals surface area contributed by atoms with Crippen LogP contribution < -0.4 is 10.9 Å². The lowest BCUT2D eigenvalue weighted by atomic mass is 9.94. The second-order valence-corrected chi connectivity index (χ2v) is 11.1. The van der Waals surface area contributed by atoms with Gasteiger partial charge in [0.15, 0.2) is 5.69 Å². The van der Waals surface area contributed by atoms with Gasteiger partial charge in [-0.1, -0.05) is 39.0 Å². The van der Waals surface area contributed by atoms with Crippen LogP contribution in [0.25, 0.3) is 10.8 Å². The SMILES string of the molecule is CCCn1nc(C(=O)Nc2ccc(S(=O)(=O)N3CC(C)CC(C)C3)cc2)c2ccccc2c1=O. The highest BCUT2D eigenvalue weighted by molar-refractivity contribution is 7.89. The Morgan fingerprint density at radius 2 is 1.65 bits per heavy atom. The quantitative estimate of drug-likeness (QED) is 0.577. The molecule has 0 radical (unpaired) electrons. The van der Waals surface area contributed by atoms with Crippen LogP contribution in [0, 0.1) is 11.8 Å². The molecule has 1 aliphatic heterocycles. The number of nitrogens with zero attached hydrogens (tertiary/aromatic N) is 3. The number of fused-ring (bicyclic) bond motifs is 1. The van der Waals surface area contributed by atoms with Crippen LogP contribution in [0.2, 0.25) is 0 Å². The maximum atomic E-state index is 13.1. The normalized spacial score (nSPS) is 19.3. The van der Waals surface area contributed by atoms with Crippen molar-refractivity contribution in [1.82, 2.24) is 14.1 Å². The van der Waals surface area contributed by atoms with Gasteiger partial charge in [0.2, 0.25) is 10.0 Å². The molecule has 1 N–H and O–H groups in total. The molecule has 3 aromatic rings. The summed E-state index contributed by atoms with van der Waals surface area (Å²) >= 11 is 0. The Morgan fingerprint density at radius 1 is 1.03 bits per heavy atom. The molecule has 2 unspecified atom stereocenters. The fraction of sp³-hybridized carbons (Fsp3) is 0.400. The highest BCUT2D eigenvalue weighted by Crippen LogP contribution is 2.27. The molecule has 1 amide bonds. The minimum atomic E-state index is -3.60. The highest BCUT2D eigenvalue weighted by atomic mass is 32.2. The van der Waals surface area contributed by atoms with Gasteiger partial charge in [-0.25, -0.2) is 13.1 Å². The van der Waals surface area contributed by atoms with Gasteiger partial charge in [-0.2, -0.15) is 9.40 Å². The van der Waals surface area contributed by atoms with E-state index in [1.54, 1.807) is 40.7 Å². The zero-order chi connectivity index (χ0) is 24.5. The van der Waals surface area contributed by atoms with E-state index >= 15 is 0 Å². The first-order chi connectivity index (χ1) is 16.2. The summed E-state index contributed by atoms with van der Waals surface area (Å²) in [6, 6.07) is 13.1. The van der Waals surface area contributed by atoms with Crippen LogP contribution in [0.3, 0.4) is 0 Å². The van der Waals surface area contributed by atoms with Crippen molar-refractivity contribution in [1.29, 1.82) is 0 Å². The van der Waals surface area contributed by atoms with E-state index in [9.17, 15) is 18.0 Å². The van der Waals surface area contributed by atoms with Gasteiger partial charge in [-0.3, -0.25) is 9.59 Å². The van der Waals surface area contributed by atoms with Crippen molar-refractivity contribution in [2.45, 2.75) is 45.1 Å². The summed E-state index contributed by atoms with van der Waals surface area (Å²) in [4.78, 5) is 25.9. The van der Waals surface area contributed by atoms with Gasteiger partial charge in [0, 0.05) is 30.7 Å². The number of aromatic nitrogens is 2. The Kier molecular flexibility index (Phi) is 6.86. The molecule has 2 atom stereocenters. The van der Waals surface area contributed by atoms with E-state index in [0.29, 0.717) is 54.4 Å². The van der Waals surface area contributed by atoms with Crippen LogP contribution in [-0.4, -0.2) is 41.5 Å². The molecular weight excluding hydrogens is 452 g/mol. The third kappa shape index (κ3) is 4.76. The van der Waals surface area contributed by atoms with Gasteiger partial charge in [0.1, 0.15) is 0 Å². The average Bonchev–Trinajstić information content (AvgIpc) is 2.80. The fourth-order valence-electron chi connectivity index (χ4n) is 4.62. The number of anilines is 1. The average molecular weight is 483 g/mol. The molecule has 2 aromatic carbocycles. The topological polar surface area (TPSA) is 101 Å². The van der Waals surface area contributed by atoms with E-state index < -0.39 is 15.9 Å². The lowest BCUT2D eigenvalue weighted by Gasteiger charge is -2.34. The van der Waals surface area contributed by atoms with Crippen molar-refractivity contribution in [3.05, 3.63) is 64.6 Å². The van der Waals surface area contributed by atoms with E-state index in [2.05, 4.69) is 24.3 Å². The van der Waals surface area contributed by atoms with E-state index in [1.807, 2.05) is 6.92 Å². The second-order valence-electron chi connectivity index (χ2n) is 9.17. The largest absolute Gasteiger partial charge is 0.321 e. The molecule has 1 saturated heterocycles. The summed E-state index contributed by atoms with van der Waals surface area (Å²) in [6.45, 7) is 7.50. The number of sulfonamides is 1. The van der Waals surface area contributed by atoms with E-state index in [4.69, 9.17) is 0 Å². The number of piperidine rings is 1. The summed E-state index contributed by atoms with van der Waals surface area (Å²) in [7, 11) is -3.60. The van der Waals surface area contributed by atoms with Crippen LogP contribution >= 0.6 is 0 Å². The lowest BCUT2D eigenvalue weighted by molar-refractivity contribution is 0.102. The number of carbonyl (C=O) groups excluding carboxylic acids is 1. The Morgan fingerprint density at radius 3 is 2.26 bits per heavy atom. The molecule has 8 nitrogen and oxygen atoms in total. The maximum absolute atomic E-state index is 13.1. The maximum Gasteiger partial charge on any atom is 0.276 e. The number of carbonyl (C=O) groups is 1. The van der Waals surface area contributed by atoms with Gasteiger partial charge >= 0.3 is 0 Å². The molecule has 9 heteroatoms. The summed E-state index contributed by atoms with van der Waals surface area (Å²) in [5.41, 5.74) is 0.366. The van der Waals surface area contributed by atoms with Crippen molar-refractivity contribution in [2.75, 3.05) is 18.4 Å². The van der Waals surface area contributed by atoms with Crippen LogP contribution in [-0.2, 0) is 16.6 Å². The smallest absolute Gasteiger partial charge is 0.276 e.